The number of hydrogen-bond donors (Lipinski definition) is 5. The first kappa shape index (κ1) is 18.0. The molecule has 0 aliphatic carbocycles. The molecule has 1 aliphatic rings. The van der Waals surface area contributed by atoms with E-state index in [2.05, 4.69) is 20.3 Å². The minimum atomic E-state index is -1.20. The van der Waals surface area contributed by atoms with Crippen molar-refractivity contribution < 1.29 is 25.2 Å². The number of aliphatic hydroxyl groups excluding tert-OH is 4. The van der Waals surface area contributed by atoms with Crippen molar-refractivity contribution in [2.24, 2.45) is 5.92 Å². The lowest BCUT2D eigenvalue weighted by molar-refractivity contribution is -0.0511. The van der Waals surface area contributed by atoms with Gasteiger partial charge in [0.1, 0.15) is 24.6 Å². The molecule has 3 rings (SSSR count). The highest BCUT2D eigenvalue weighted by Crippen LogP contribution is 2.32. The van der Waals surface area contributed by atoms with Crippen molar-refractivity contribution in [2.75, 3.05) is 25.1 Å². The van der Waals surface area contributed by atoms with Gasteiger partial charge in [-0.3, -0.25) is 4.57 Å². The van der Waals surface area contributed by atoms with E-state index in [0.717, 1.165) is 6.42 Å². The van der Waals surface area contributed by atoms with Crippen LogP contribution in [0.3, 0.4) is 0 Å². The van der Waals surface area contributed by atoms with Gasteiger partial charge < -0.3 is 30.5 Å². The Balaban J connectivity index is 1.81. The zero-order chi connectivity index (χ0) is 18.0. The lowest BCUT2D eigenvalue weighted by Crippen LogP contribution is -2.33. The fourth-order valence-corrected chi connectivity index (χ4v) is 2.81. The lowest BCUT2D eigenvalue weighted by Gasteiger charge is -2.16. The van der Waals surface area contributed by atoms with Crippen molar-refractivity contribution in [3.8, 4) is 0 Å². The van der Waals surface area contributed by atoms with Crippen LogP contribution in [0.5, 0.6) is 0 Å². The normalized spacial score (nSPS) is 27.7. The Hall–Kier alpha value is -1.85. The summed E-state index contributed by atoms with van der Waals surface area (Å²) in [6.07, 6.45) is -0.539. The second-order valence-corrected chi connectivity index (χ2v) is 6.28. The minimum absolute atomic E-state index is 0.126. The molecule has 1 saturated heterocycles. The molecule has 5 N–H and O–H groups in total. The van der Waals surface area contributed by atoms with Crippen LogP contribution in [0.2, 0.25) is 0 Å². The number of nitrogens with zero attached hydrogens (tertiary/aromatic N) is 4. The second kappa shape index (κ2) is 7.58. The van der Waals surface area contributed by atoms with E-state index in [1.807, 2.05) is 6.92 Å². The van der Waals surface area contributed by atoms with Crippen molar-refractivity contribution in [3.63, 3.8) is 0 Å². The third kappa shape index (κ3) is 3.44. The molecule has 138 valence electrons. The molecule has 0 radical (unpaired) electrons. The van der Waals surface area contributed by atoms with E-state index in [9.17, 15) is 15.3 Å². The van der Waals surface area contributed by atoms with Gasteiger partial charge in [0, 0.05) is 13.2 Å². The molecule has 1 fully saturated rings. The van der Waals surface area contributed by atoms with E-state index in [0.29, 0.717) is 23.5 Å². The first-order chi connectivity index (χ1) is 12.1. The average Bonchev–Trinajstić information content (AvgIpc) is 3.17. The van der Waals surface area contributed by atoms with Gasteiger partial charge >= 0.3 is 0 Å². The highest BCUT2D eigenvalue weighted by Gasteiger charge is 2.44. The third-order valence-electron chi connectivity index (χ3n) is 4.39. The summed E-state index contributed by atoms with van der Waals surface area (Å²) in [6.45, 7) is 2.30. The summed E-state index contributed by atoms with van der Waals surface area (Å²) in [6, 6.07) is 0. The Morgan fingerprint density at radius 3 is 2.72 bits per heavy atom. The number of fused-ring (bicyclic) bond motifs is 1. The molecular weight excluding hydrogens is 330 g/mol. The van der Waals surface area contributed by atoms with E-state index >= 15 is 0 Å². The zero-order valence-electron chi connectivity index (χ0n) is 13.9. The topological polar surface area (TPSA) is 146 Å². The fourth-order valence-electron chi connectivity index (χ4n) is 2.81. The Labute approximate surface area is 144 Å². The van der Waals surface area contributed by atoms with Gasteiger partial charge in [0.15, 0.2) is 23.2 Å². The molecule has 1 unspecified atom stereocenters. The van der Waals surface area contributed by atoms with Crippen LogP contribution >= 0.6 is 0 Å². The number of aliphatic hydroxyl groups is 4. The van der Waals surface area contributed by atoms with Crippen LogP contribution < -0.4 is 5.32 Å². The summed E-state index contributed by atoms with van der Waals surface area (Å²) in [5.41, 5.74) is 0.958. The van der Waals surface area contributed by atoms with Crippen LogP contribution in [-0.4, -0.2) is 78.0 Å². The molecule has 10 heteroatoms. The van der Waals surface area contributed by atoms with Gasteiger partial charge in [0.05, 0.1) is 12.9 Å². The molecule has 5 atom stereocenters. The van der Waals surface area contributed by atoms with Crippen LogP contribution in [0.4, 0.5) is 5.82 Å². The van der Waals surface area contributed by atoms with Gasteiger partial charge in [-0.05, 0) is 12.3 Å². The van der Waals surface area contributed by atoms with E-state index in [4.69, 9.17) is 9.84 Å². The Morgan fingerprint density at radius 1 is 1.24 bits per heavy atom. The minimum Gasteiger partial charge on any atom is -0.396 e. The van der Waals surface area contributed by atoms with Crippen molar-refractivity contribution in [3.05, 3.63) is 12.7 Å². The van der Waals surface area contributed by atoms with Crippen molar-refractivity contribution in [2.45, 2.75) is 37.9 Å². The number of imidazole rings is 1. The SMILES string of the molecule is CC(CO)CCNc1ncnc2c1ncn2[C@@H]1O[C@H](CO)[C@@H](O)[C@H]1O. The van der Waals surface area contributed by atoms with Gasteiger partial charge in [0.25, 0.3) is 0 Å². The highest BCUT2D eigenvalue weighted by atomic mass is 16.6. The predicted molar refractivity (Wildman–Crippen MR) is 87.7 cm³/mol. The molecular formula is C15H23N5O5. The van der Waals surface area contributed by atoms with Crippen LogP contribution in [-0.2, 0) is 4.74 Å². The maximum absolute atomic E-state index is 10.2. The Kier molecular flexibility index (Phi) is 5.45. The molecule has 25 heavy (non-hydrogen) atoms. The number of nitrogens with one attached hydrogen (secondary N) is 1. The van der Waals surface area contributed by atoms with Crippen LogP contribution in [0, 0.1) is 5.92 Å². The van der Waals surface area contributed by atoms with E-state index < -0.39 is 31.1 Å². The summed E-state index contributed by atoms with van der Waals surface area (Å²) in [7, 11) is 0. The monoisotopic (exact) mass is 353 g/mol. The summed E-state index contributed by atoms with van der Waals surface area (Å²) in [4.78, 5) is 12.7. The standard InChI is InChI=1S/C15H23N5O5/c1-8(4-21)2-3-16-13-10-14(18-6-17-13)20(7-19-10)15-12(24)11(23)9(5-22)25-15/h6-9,11-12,15,21-24H,2-5H2,1H3,(H,16,17,18)/t8?,9-,11-,12-,15-/m1/s1. The molecule has 10 nitrogen and oxygen atoms in total. The molecule has 0 spiro atoms. The van der Waals surface area contributed by atoms with E-state index in [-0.39, 0.29) is 12.5 Å². The second-order valence-electron chi connectivity index (χ2n) is 6.28. The number of aromatic nitrogens is 4. The number of hydrogen-bond acceptors (Lipinski definition) is 9. The number of anilines is 1. The van der Waals surface area contributed by atoms with Gasteiger partial charge in [0.2, 0.25) is 0 Å². The van der Waals surface area contributed by atoms with Crippen molar-refractivity contribution >= 4 is 17.0 Å². The van der Waals surface area contributed by atoms with E-state index in [1.165, 1.54) is 17.2 Å². The quantitative estimate of drug-likeness (QED) is 0.417. The molecule has 0 amide bonds. The van der Waals surface area contributed by atoms with Gasteiger partial charge in [-0.25, -0.2) is 15.0 Å². The van der Waals surface area contributed by atoms with Crippen LogP contribution in [0.15, 0.2) is 12.7 Å². The van der Waals surface area contributed by atoms with Crippen molar-refractivity contribution in [1.82, 2.24) is 19.5 Å². The molecule has 0 saturated carbocycles. The Morgan fingerprint density at radius 2 is 2.04 bits per heavy atom. The van der Waals surface area contributed by atoms with E-state index in [1.54, 1.807) is 0 Å². The maximum Gasteiger partial charge on any atom is 0.167 e. The maximum atomic E-state index is 10.2. The molecule has 0 aromatic carbocycles. The summed E-state index contributed by atoms with van der Waals surface area (Å²) in [5, 5.41) is 41.5. The number of ether oxygens (including phenoxy) is 1. The van der Waals surface area contributed by atoms with Crippen LogP contribution in [0.1, 0.15) is 19.6 Å². The summed E-state index contributed by atoms with van der Waals surface area (Å²) in [5.74, 6) is 0.724. The fraction of sp³-hybridized carbons (Fsp3) is 0.667. The van der Waals surface area contributed by atoms with Gasteiger partial charge in [-0.2, -0.15) is 0 Å². The molecule has 2 aromatic heterocycles. The molecule has 2 aromatic rings. The van der Waals surface area contributed by atoms with Gasteiger partial charge in [-0.15, -0.1) is 0 Å². The predicted octanol–water partition coefficient (Wildman–Crippen LogP) is -1.13. The third-order valence-corrected chi connectivity index (χ3v) is 4.39. The molecule has 1 aliphatic heterocycles. The van der Waals surface area contributed by atoms with Crippen LogP contribution in [0.25, 0.3) is 11.2 Å². The largest absolute Gasteiger partial charge is 0.396 e. The molecule has 3 heterocycles. The zero-order valence-corrected chi connectivity index (χ0v) is 13.9. The molecule has 0 bridgehead atoms. The lowest BCUT2D eigenvalue weighted by atomic mass is 10.1. The average molecular weight is 353 g/mol. The van der Waals surface area contributed by atoms with Crippen molar-refractivity contribution in [1.29, 1.82) is 0 Å². The summed E-state index contributed by atoms with van der Waals surface area (Å²) >= 11 is 0. The first-order valence-corrected chi connectivity index (χ1v) is 8.21. The smallest absolute Gasteiger partial charge is 0.167 e. The summed E-state index contributed by atoms with van der Waals surface area (Å²) < 4.78 is 7.03. The Bertz CT molecular complexity index is 711. The first-order valence-electron chi connectivity index (χ1n) is 8.21. The van der Waals surface area contributed by atoms with Gasteiger partial charge in [-0.1, -0.05) is 6.92 Å². The number of rotatable bonds is 7. The highest BCUT2D eigenvalue weighted by molar-refractivity contribution is 5.82.